The molecule has 0 aliphatic heterocycles. The Morgan fingerprint density at radius 1 is 1.47 bits per heavy atom. The van der Waals surface area contributed by atoms with Crippen molar-refractivity contribution in [3.05, 3.63) is 0 Å². The van der Waals surface area contributed by atoms with Crippen LogP contribution >= 0.6 is 0 Å². The summed E-state index contributed by atoms with van der Waals surface area (Å²) in [5, 5.41) is 8.31. The average molecular weight is 232 g/mol. The quantitative estimate of drug-likeness (QED) is 0.654. The summed E-state index contributed by atoms with van der Waals surface area (Å²) in [4.78, 5) is 12.7. The molecule has 0 aliphatic rings. The molecule has 0 unspecified atom stereocenters. The summed E-state index contributed by atoms with van der Waals surface area (Å²) < 4.78 is 22.6. The molecule has 0 atom stereocenters. The van der Waals surface area contributed by atoms with Crippen molar-refractivity contribution in [2.75, 3.05) is 25.1 Å². The van der Waals surface area contributed by atoms with Gasteiger partial charge in [0.25, 0.3) is 0 Å². The van der Waals surface area contributed by atoms with Crippen molar-refractivity contribution < 1.29 is 13.2 Å². The second kappa shape index (κ2) is 6.40. The van der Waals surface area contributed by atoms with Crippen molar-refractivity contribution in [2.24, 2.45) is 0 Å². The molecule has 0 spiro atoms. The van der Waals surface area contributed by atoms with Crippen LogP contribution in [0.3, 0.4) is 0 Å². The number of nitriles is 1. The molecule has 6 heteroatoms. The van der Waals surface area contributed by atoms with Gasteiger partial charge >= 0.3 is 0 Å². The lowest BCUT2D eigenvalue weighted by atomic mass is 10.4. The molecule has 0 radical (unpaired) electrons. The molecule has 0 aromatic rings. The average Bonchev–Trinajstić information content (AvgIpc) is 2.13. The van der Waals surface area contributed by atoms with Crippen LogP contribution in [-0.4, -0.2) is 44.3 Å². The summed E-state index contributed by atoms with van der Waals surface area (Å²) in [6, 6.07) is 1.90. The molecule has 86 valence electrons. The molecule has 5 nitrogen and oxygen atoms in total. The van der Waals surface area contributed by atoms with Gasteiger partial charge in [-0.25, -0.2) is 8.42 Å². The minimum atomic E-state index is -3.28. The van der Waals surface area contributed by atoms with E-state index in [1.165, 1.54) is 11.9 Å². The number of hydrogen-bond acceptors (Lipinski definition) is 4. The molecule has 0 aromatic carbocycles. The Bertz CT molecular complexity index is 343. The van der Waals surface area contributed by atoms with Crippen LogP contribution < -0.4 is 0 Å². The van der Waals surface area contributed by atoms with Crippen LogP contribution in [0.2, 0.25) is 0 Å². The fourth-order valence-electron chi connectivity index (χ4n) is 1.02. The van der Waals surface area contributed by atoms with Crippen molar-refractivity contribution in [3.63, 3.8) is 0 Å². The van der Waals surface area contributed by atoms with Gasteiger partial charge in [0.05, 0.1) is 18.2 Å². The van der Waals surface area contributed by atoms with Crippen LogP contribution in [0.5, 0.6) is 0 Å². The highest BCUT2D eigenvalue weighted by atomic mass is 32.2. The Kier molecular flexibility index (Phi) is 5.94. The van der Waals surface area contributed by atoms with Gasteiger partial charge in [-0.05, 0) is 6.42 Å². The van der Waals surface area contributed by atoms with Crippen LogP contribution in [0, 0.1) is 11.3 Å². The van der Waals surface area contributed by atoms with Crippen molar-refractivity contribution in [2.45, 2.75) is 19.8 Å². The Balaban J connectivity index is 4.19. The molecule has 15 heavy (non-hydrogen) atoms. The van der Waals surface area contributed by atoms with Gasteiger partial charge in [-0.3, -0.25) is 4.79 Å². The lowest BCUT2D eigenvalue weighted by Crippen LogP contribution is -2.33. The standard InChI is InChI=1S/C9H16N2O3S/c1-3-7-15(13,14)8-9(12)11(2)6-4-5-10/h3-4,6-8H2,1-2H3. The third-order valence-corrected chi connectivity index (χ3v) is 3.56. The van der Waals surface area contributed by atoms with Crippen LogP contribution in [0.1, 0.15) is 19.8 Å². The first-order chi connectivity index (χ1) is 6.93. The highest BCUT2D eigenvalue weighted by molar-refractivity contribution is 7.92. The van der Waals surface area contributed by atoms with Crippen LogP contribution in [-0.2, 0) is 14.6 Å². The van der Waals surface area contributed by atoms with Gasteiger partial charge in [0.15, 0.2) is 9.84 Å². The maximum atomic E-state index is 11.4. The lowest BCUT2D eigenvalue weighted by Gasteiger charge is -2.15. The number of carbonyl (C=O) groups excluding carboxylic acids is 1. The molecule has 0 bridgehead atoms. The van der Waals surface area contributed by atoms with Gasteiger partial charge < -0.3 is 4.90 Å². The summed E-state index contributed by atoms with van der Waals surface area (Å²) in [6.07, 6.45) is 0.730. The van der Waals surface area contributed by atoms with Crippen LogP contribution in [0.25, 0.3) is 0 Å². The molecule has 0 aromatic heterocycles. The van der Waals surface area contributed by atoms with E-state index in [4.69, 9.17) is 5.26 Å². The van der Waals surface area contributed by atoms with E-state index in [0.717, 1.165) is 0 Å². The largest absolute Gasteiger partial charge is 0.344 e. The molecule has 0 rings (SSSR count). The predicted octanol–water partition coefficient (Wildman–Crippen LogP) is 0.183. The topological polar surface area (TPSA) is 78.2 Å². The predicted molar refractivity (Wildman–Crippen MR) is 56.8 cm³/mol. The zero-order valence-corrected chi connectivity index (χ0v) is 9.88. The molecule has 0 saturated heterocycles. The Morgan fingerprint density at radius 2 is 2.07 bits per heavy atom. The maximum Gasteiger partial charge on any atom is 0.237 e. The Hall–Kier alpha value is -1.09. The highest BCUT2D eigenvalue weighted by Crippen LogP contribution is 1.97. The summed E-state index contributed by atoms with van der Waals surface area (Å²) in [7, 11) is -1.77. The third-order valence-electron chi connectivity index (χ3n) is 1.84. The summed E-state index contributed by atoms with van der Waals surface area (Å²) >= 11 is 0. The normalized spacial score (nSPS) is 10.7. The van der Waals surface area contributed by atoms with Crippen molar-refractivity contribution in [1.82, 2.24) is 4.90 Å². The van der Waals surface area contributed by atoms with Crippen LogP contribution in [0.4, 0.5) is 0 Å². The Morgan fingerprint density at radius 3 is 2.53 bits per heavy atom. The molecule has 0 N–H and O–H groups in total. The number of rotatable bonds is 6. The highest BCUT2D eigenvalue weighted by Gasteiger charge is 2.18. The van der Waals surface area contributed by atoms with Gasteiger partial charge in [0, 0.05) is 13.6 Å². The molecular formula is C9H16N2O3S. The Labute approximate surface area is 90.6 Å². The molecule has 0 fully saturated rings. The maximum absolute atomic E-state index is 11.4. The fraction of sp³-hybridized carbons (Fsp3) is 0.778. The first-order valence-corrected chi connectivity index (χ1v) is 6.56. The van der Waals surface area contributed by atoms with Gasteiger partial charge in [-0.2, -0.15) is 5.26 Å². The fourth-order valence-corrected chi connectivity index (χ4v) is 2.39. The molecule has 0 heterocycles. The van der Waals surface area contributed by atoms with Crippen molar-refractivity contribution in [3.8, 4) is 6.07 Å². The molecule has 0 saturated carbocycles. The molecular weight excluding hydrogens is 216 g/mol. The minimum Gasteiger partial charge on any atom is -0.344 e. The van der Waals surface area contributed by atoms with E-state index >= 15 is 0 Å². The van der Waals surface area contributed by atoms with Crippen LogP contribution in [0.15, 0.2) is 0 Å². The SMILES string of the molecule is CCCS(=O)(=O)CC(=O)N(C)CCC#N. The first kappa shape index (κ1) is 13.9. The number of hydrogen-bond donors (Lipinski definition) is 0. The zero-order chi connectivity index (χ0) is 11.9. The molecule has 1 amide bonds. The lowest BCUT2D eigenvalue weighted by molar-refractivity contribution is -0.127. The van der Waals surface area contributed by atoms with Gasteiger partial charge in [0.2, 0.25) is 5.91 Å². The van der Waals surface area contributed by atoms with E-state index < -0.39 is 21.5 Å². The number of nitrogens with zero attached hydrogens (tertiary/aromatic N) is 2. The van der Waals surface area contributed by atoms with Gasteiger partial charge in [0.1, 0.15) is 5.75 Å². The van der Waals surface area contributed by atoms with E-state index in [0.29, 0.717) is 6.42 Å². The zero-order valence-electron chi connectivity index (χ0n) is 9.06. The number of sulfone groups is 1. The summed E-state index contributed by atoms with van der Waals surface area (Å²) in [5.74, 6) is -0.869. The van der Waals surface area contributed by atoms with E-state index in [1.54, 1.807) is 6.92 Å². The van der Waals surface area contributed by atoms with Crippen molar-refractivity contribution >= 4 is 15.7 Å². The second-order valence-corrected chi connectivity index (χ2v) is 5.50. The van der Waals surface area contributed by atoms with E-state index in [2.05, 4.69) is 0 Å². The van der Waals surface area contributed by atoms with Crippen molar-refractivity contribution in [1.29, 1.82) is 5.26 Å². The monoisotopic (exact) mass is 232 g/mol. The summed E-state index contributed by atoms with van der Waals surface area (Å²) in [6.45, 7) is 2.03. The van der Waals surface area contributed by atoms with Gasteiger partial charge in [-0.1, -0.05) is 6.92 Å². The second-order valence-electron chi connectivity index (χ2n) is 3.32. The van der Waals surface area contributed by atoms with E-state index in [1.807, 2.05) is 6.07 Å². The number of amides is 1. The smallest absolute Gasteiger partial charge is 0.237 e. The summed E-state index contributed by atoms with van der Waals surface area (Å²) in [5.41, 5.74) is 0. The van der Waals surface area contributed by atoms with Gasteiger partial charge in [-0.15, -0.1) is 0 Å². The number of carbonyl (C=O) groups is 1. The third kappa shape index (κ3) is 6.07. The first-order valence-electron chi connectivity index (χ1n) is 4.74. The van der Waals surface area contributed by atoms with E-state index in [-0.39, 0.29) is 18.7 Å². The minimum absolute atomic E-state index is 0.0326. The van der Waals surface area contributed by atoms with E-state index in [9.17, 15) is 13.2 Å². The molecule has 0 aliphatic carbocycles.